The fourth-order valence-corrected chi connectivity index (χ4v) is 4.97. The molecule has 0 saturated carbocycles. The predicted octanol–water partition coefficient (Wildman–Crippen LogP) is 5.61. The van der Waals surface area contributed by atoms with Gasteiger partial charge in [0.1, 0.15) is 11.5 Å². The van der Waals surface area contributed by atoms with E-state index in [0.29, 0.717) is 12.1 Å². The normalized spacial score (nSPS) is 25.2. The lowest BCUT2D eigenvalue weighted by Gasteiger charge is -2.35. The van der Waals surface area contributed by atoms with E-state index in [9.17, 15) is 0 Å². The number of rotatable bonds is 0. The molecule has 24 heavy (non-hydrogen) atoms. The van der Waals surface area contributed by atoms with Gasteiger partial charge in [-0.3, -0.25) is 4.90 Å². The van der Waals surface area contributed by atoms with E-state index in [1.54, 1.807) is 5.57 Å². The molecule has 3 heteroatoms. The summed E-state index contributed by atoms with van der Waals surface area (Å²) in [5.74, 6) is 1.95. The lowest BCUT2D eigenvalue weighted by atomic mass is 9.84. The maximum Gasteiger partial charge on any atom is 0.136 e. The van der Waals surface area contributed by atoms with Crippen LogP contribution < -0.4 is 4.74 Å². The second kappa shape index (κ2) is 5.47. The van der Waals surface area contributed by atoms with Gasteiger partial charge in [-0.2, -0.15) is 0 Å². The Kier molecular flexibility index (Phi) is 3.36. The molecule has 0 aromatic heterocycles. The standard InChI is InChI=1S/C21H20BrNO/c1-23-15-7-8-16(23)11-13(10-15)21-17-4-2-3-5-19(17)24-20-12-14(22)6-9-18(20)21/h2-6,9,12,15-16H,7-8,10-11H2,1H3. The van der Waals surface area contributed by atoms with Crippen molar-refractivity contribution in [3.8, 4) is 11.5 Å². The van der Waals surface area contributed by atoms with Crippen LogP contribution in [0.1, 0.15) is 36.8 Å². The van der Waals surface area contributed by atoms with E-state index >= 15 is 0 Å². The first-order valence-corrected chi connectivity index (χ1v) is 9.51. The van der Waals surface area contributed by atoms with Crippen LogP contribution in [0.25, 0.3) is 5.57 Å². The van der Waals surface area contributed by atoms with Crippen molar-refractivity contribution in [3.05, 3.63) is 63.6 Å². The molecule has 0 radical (unpaired) electrons. The summed E-state index contributed by atoms with van der Waals surface area (Å²) in [5.41, 5.74) is 5.53. The van der Waals surface area contributed by atoms with Crippen LogP contribution in [0.2, 0.25) is 0 Å². The average Bonchev–Trinajstić information content (AvgIpc) is 2.81. The van der Waals surface area contributed by atoms with Gasteiger partial charge >= 0.3 is 0 Å². The van der Waals surface area contributed by atoms with Gasteiger partial charge < -0.3 is 4.74 Å². The number of para-hydroxylation sites is 1. The van der Waals surface area contributed by atoms with E-state index in [0.717, 1.165) is 16.0 Å². The third-order valence-electron chi connectivity index (χ3n) is 5.89. The van der Waals surface area contributed by atoms with Gasteiger partial charge in [0.15, 0.2) is 0 Å². The monoisotopic (exact) mass is 381 g/mol. The van der Waals surface area contributed by atoms with Gasteiger partial charge in [-0.05, 0) is 62.6 Å². The van der Waals surface area contributed by atoms with Crippen LogP contribution in [0.5, 0.6) is 11.5 Å². The molecule has 2 atom stereocenters. The van der Waals surface area contributed by atoms with Gasteiger partial charge in [-0.25, -0.2) is 0 Å². The molecule has 2 bridgehead atoms. The van der Waals surface area contributed by atoms with E-state index in [1.165, 1.54) is 42.4 Å². The first-order valence-electron chi connectivity index (χ1n) is 8.72. The second-order valence-corrected chi connectivity index (χ2v) is 8.09. The van der Waals surface area contributed by atoms with Crippen LogP contribution in [-0.4, -0.2) is 24.0 Å². The largest absolute Gasteiger partial charge is 0.456 e. The zero-order valence-electron chi connectivity index (χ0n) is 13.8. The highest BCUT2D eigenvalue weighted by molar-refractivity contribution is 9.10. The number of piperidine rings is 1. The zero-order valence-corrected chi connectivity index (χ0v) is 15.3. The fraction of sp³-hybridized carbons (Fsp3) is 0.333. The molecule has 122 valence electrons. The lowest BCUT2D eigenvalue weighted by Crippen LogP contribution is -2.37. The van der Waals surface area contributed by atoms with Gasteiger partial charge in [0.25, 0.3) is 0 Å². The van der Waals surface area contributed by atoms with Gasteiger partial charge in [0, 0.05) is 27.7 Å². The quantitative estimate of drug-likeness (QED) is 0.501. The van der Waals surface area contributed by atoms with Gasteiger partial charge in [-0.1, -0.05) is 39.7 Å². The Morgan fingerprint density at radius 2 is 1.67 bits per heavy atom. The minimum absolute atomic E-state index is 0.708. The van der Waals surface area contributed by atoms with Gasteiger partial charge in [0.05, 0.1) is 0 Å². The van der Waals surface area contributed by atoms with Crippen LogP contribution in [0.4, 0.5) is 0 Å². The molecule has 0 N–H and O–H groups in total. The Morgan fingerprint density at radius 1 is 0.958 bits per heavy atom. The van der Waals surface area contributed by atoms with Crippen molar-refractivity contribution in [3.63, 3.8) is 0 Å². The third-order valence-corrected chi connectivity index (χ3v) is 6.39. The van der Waals surface area contributed by atoms with Crippen LogP contribution in [-0.2, 0) is 0 Å². The molecular weight excluding hydrogens is 362 g/mol. The summed E-state index contributed by atoms with van der Waals surface area (Å²) in [6, 6.07) is 16.3. The molecule has 5 rings (SSSR count). The number of fused-ring (bicyclic) bond motifs is 4. The molecule has 3 aliphatic rings. The third kappa shape index (κ3) is 2.18. The summed E-state index contributed by atoms with van der Waals surface area (Å²) >= 11 is 3.58. The molecule has 2 fully saturated rings. The van der Waals surface area contributed by atoms with Crippen molar-refractivity contribution >= 4 is 21.5 Å². The highest BCUT2D eigenvalue weighted by Crippen LogP contribution is 2.49. The molecule has 0 amide bonds. The van der Waals surface area contributed by atoms with Crippen molar-refractivity contribution in [2.45, 2.75) is 37.8 Å². The number of nitrogens with zero attached hydrogens (tertiary/aromatic N) is 1. The van der Waals surface area contributed by atoms with E-state index in [-0.39, 0.29) is 0 Å². The fourth-order valence-electron chi connectivity index (χ4n) is 4.63. The number of ether oxygens (including phenoxy) is 1. The Hall–Kier alpha value is -1.58. The van der Waals surface area contributed by atoms with E-state index in [1.807, 2.05) is 0 Å². The highest BCUT2D eigenvalue weighted by Gasteiger charge is 2.38. The van der Waals surface area contributed by atoms with Crippen molar-refractivity contribution in [1.29, 1.82) is 0 Å². The van der Waals surface area contributed by atoms with E-state index in [4.69, 9.17) is 4.74 Å². The minimum atomic E-state index is 0.708. The predicted molar refractivity (Wildman–Crippen MR) is 100 cm³/mol. The van der Waals surface area contributed by atoms with Crippen molar-refractivity contribution < 1.29 is 4.74 Å². The number of halogens is 1. The first-order chi connectivity index (χ1) is 11.7. The summed E-state index contributed by atoms with van der Waals surface area (Å²) < 4.78 is 7.26. The average molecular weight is 382 g/mol. The maximum atomic E-state index is 6.20. The van der Waals surface area contributed by atoms with Crippen molar-refractivity contribution in [2.75, 3.05) is 7.05 Å². The summed E-state index contributed by atoms with van der Waals surface area (Å²) in [6.07, 6.45) is 5.05. The molecule has 3 heterocycles. The molecule has 2 saturated heterocycles. The van der Waals surface area contributed by atoms with Gasteiger partial charge in [-0.15, -0.1) is 0 Å². The summed E-state index contributed by atoms with van der Waals surface area (Å²) in [5, 5.41) is 0. The minimum Gasteiger partial charge on any atom is -0.456 e. The van der Waals surface area contributed by atoms with Crippen LogP contribution in [0, 0.1) is 0 Å². The maximum absolute atomic E-state index is 6.20. The molecule has 3 aliphatic heterocycles. The van der Waals surface area contributed by atoms with Gasteiger partial charge in [0.2, 0.25) is 0 Å². The molecule has 2 nitrogen and oxygen atoms in total. The van der Waals surface area contributed by atoms with E-state index < -0.39 is 0 Å². The Labute approximate surface area is 151 Å². The number of hydrogen-bond donors (Lipinski definition) is 0. The summed E-state index contributed by atoms with van der Waals surface area (Å²) in [6.45, 7) is 0. The van der Waals surface area contributed by atoms with Crippen LogP contribution in [0.3, 0.4) is 0 Å². The zero-order chi connectivity index (χ0) is 16.3. The molecule has 0 spiro atoms. The molecule has 2 aromatic rings. The number of hydrogen-bond acceptors (Lipinski definition) is 2. The summed E-state index contributed by atoms with van der Waals surface area (Å²) in [4.78, 5) is 2.60. The van der Waals surface area contributed by atoms with Crippen LogP contribution >= 0.6 is 15.9 Å². The smallest absolute Gasteiger partial charge is 0.136 e. The topological polar surface area (TPSA) is 12.5 Å². The second-order valence-electron chi connectivity index (χ2n) is 7.18. The first kappa shape index (κ1) is 14.7. The molecule has 2 unspecified atom stereocenters. The molecule has 2 aromatic carbocycles. The highest BCUT2D eigenvalue weighted by atomic mass is 79.9. The van der Waals surface area contributed by atoms with E-state index in [2.05, 4.69) is 70.3 Å². The number of benzene rings is 2. The summed E-state index contributed by atoms with van der Waals surface area (Å²) in [7, 11) is 2.30. The Bertz CT molecular complexity index is 841. The Balaban J connectivity index is 1.72. The van der Waals surface area contributed by atoms with Crippen LogP contribution in [0.15, 0.2) is 52.5 Å². The lowest BCUT2D eigenvalue weighted by molar-refractivity contribution is 0.210. The van der Waals surface area contributed by atoms with Crippen molar-refractivity contribution in [2.24, 2.45) is 0 Å². The molecule has 0 aliphatic carbocycles. The molecular formula is C21H20BrNO. The van der Waals surface area contributed by atoms with Crippen molar-refractivity contribution in [1.82, 2.24) is 4.90 Å². The Morgan fingerprint density at radius 3 is 2.46 bits per heavy atom. The SMILES string of the molecule is CN1C2CCC1CC(=C1c3ccccc3Oc3cc(Br)ccc31)C2.